The van der Waals surface area contributed by atoms with E-state index in [0.29, 0.717) is 22.7 Å². The Hall–Kier alpha value is -3.45. The van der Waals surface area contributed by atoms with Crippen molar-refractivity contribution in [3.05, 3.63) is 101 Å². The van der Waals surface area contributed by atoms with Crippen molar-refractivity contribution < 1.29 is 9.18 Å². The Morgan fingerprint density at radius 1 is 1.06 bits per heavy atom. The molecule has 36 heavy (non-hydrogen) atoms. The largest absolute Gasteiger partial charge is 0.326 e. The average Bonchev–Trinajstić information content (AvgIpc) is 3.51. The van der Waals surface area contributed by atoms with E-state index < -0.39 is 5.41 Å². The molecule has 4 atom stereocenters. The number of amides is 1. The third kappa shape index (κ3) is 3.05. The summed E-state index contributed by atoms with van der Waals surface area (Å²) in [6.07, 6.45) is 2.78. The molecule has 3 aromatic carbocycles. The number of aromatic nitrogens is 2. The highest BCUT2D eigenvalue weighted by Gasteiger charge is 2.55. The van der Waals surface area contributed by atoms with Crippen LogP contribution in [0.15, 0.2) is 71.9 Å². The maximum atomic E-state index is 14.3. The smallest absolute Gasteiger partial charge is 0.234 e. The first kappa shape index (κ1) is 21.8. The lowest BCUT2D eigenvalue weighted by Crippen LogP contribution is -2.52. The predicted molar refractivity (Wildman–Crippen MR) is 141 cm³/mol. The molecule has 2 bridgehead atoms. The van der Waals surface area contributed by atoms with Crippen LogP contribution >= 0.6 is 11.8 Å². The van der Waals surface area contributed by atoms with Gasteiger partial charge in [0.05, 0.1) is 23.2 Å². The number of halogens is 1. The summed E-state index contributed by atoms with van der Waals surface area (Å²) in [5.74, 6) is 1.61. The van der Waals surface area contributed by atoms with E-state index in [2.05, 4.69) is 47.3 Å². The van der Waals surface area contributed by atoms with E-state index >= 15 is 0 Å². The number of benzene rings is 3. The van der Waals surface area contributed by atoms with E-state index in [4.69, 9.17) is 9.98 Å². The van der Waals surface area contributed by atoms with Crippen molar-refractivity contribution in [3.63, 3.8) is 0 Å². The second kappa shape index (κ2) is 7.77. The number of rotatable bonds is 2. The number of carbonyl (C=O) groups excluding carboxylic acids is 1. The van der Waals surface area contributed by atoms with Crippen LogP contribution in [0.3, 0.4) is 0 Å². The first-order valence-electron chi connectivity index (χ1n) is 12.3. The Balaban J connectivity index is 1.21. The van der Waals surface area contributed by atoms with Gasteiger partial charge in [-0.15, -0.1) is 0 Å². The standard InChI is InChI=1S/C29H25FN4OS/c1-16-14-34-25-21-10-6-4-8-18(21)22(26(34)31-16)13-29(25,2)27(35)33-28-32-24(15-36-28)20-11-12-23(30)19-9-5-3-7-17(19)20/h3-12,14,22,24-25H,13,15H2,1-2H3,(H,32,33,35). The van der Waals surface area contributed by atoms with Crippen LogP contribution < -0.4 is 5.32 Å². The summed E-state index contributed by atoms with van der Waals surface area (Å²) in [5.41, 5.74) is 3.81. The average molecular weight is 497 g/mol. The van der Waals surface area contributed by atoms with Crippen molar-refractivity contribution in [2.24, 2.45) is 10.4 Å². The summed E-state index contributed by atoms with van der Waals surface area (Å²) in [4.78, 5) is 23.6. The molecule has 1 N–H and O–H groups in total. The number of imidazole rings is 1. The molecule has 4 aromatic rings. The SMILES string of the molecule is Cc1cn2c(n1)C1CC(C)(C(=O)NC3=NC(c4ccc(F)c5ccccc45)CS3)C2c2ccccc21. The minimum atomic E-state index is -0.636. The van der Waals surface area contributed by atoms with Crippen molar-refractivity contribution in [3.8, 4) is 0 Å². The summed E-state index contributed by atoms with van der Waals surface area (Å²) in [6, 6.07) is 19.0. The van der Waals surface area contributed by atoms with Crippen LogP contribution in [0.5, 0.6) is 0 Å². The van der Waals surface area contributed by atoms with Crippen LogP contribution in [0.2, 0.25) is 0 Å². The Kier molecular flexibility index (Phi) is 4.71. The fourth-order valence-corrected chi connectivity index (χ4v) is 7.32. The van der Waals surface area contributed by atoms with Gasteiger partial charge in [-0.1, -0.05) is 66.4 Å². The molecule has 1 aromatic heterocycles. The van der Waals surface area contributed by atoms with Gasteiger partial charge < -0.3 is 9.88 Å². The summed E-state index contributed by atoms with van der Waals surface area (Å²) in [5, 5.41) is 5.27. The van der Waals surface area contributed by atoms with Crippen molar-refractivity contribution in [1.29, 1.82) is 0 Å². The van der Waals surface area contributed by atoms with Gasteiger partial charge in [0.25, 0.3) is 0 Å². The van der Waals surface area contributed by atoms with Gasteiger partial charge in [-0.3, -0.25) is 9.79 Å². The molecular weight excluding hydrogens is 471 g/mol. The van der Waals surface area contributed by atoms with E-state index in [1.54, 1.807) is 17.8 Å². The molecular formula is C29H25FN4OS. The normalized spacial score (nSPS) is 26.0. The highest BCUT2D eigenvalue weighted by Crippen LogP contribution is 2.57. The number of nitrogens with one attached hydrogen (secondary N) is 1. The number of thioether (sulfide) groups is 1. The van der Waals surface area contributed by atoms with Gasteiger partial charge in [0, 0.05) is 23.3 Å². The van der Waals surface area contributed by atoms with E-state index in [9.17, 15) is 9.18 Å². The maximum Gasteiger partial charge on any atom is 0.234 e. The first-order chi connectivity index (χ1) is 17.4. The summed E-state index contributed by atoms with van der Waals surface area (Å²) in [6.45, 7) is 4.08. The zero-order valence-electron chi connectivity index (χ0n) is 20.0. The minimum Gasteiger partial charge on any atom is -0.326 e. The fraction of sp³-hybridized carbons (Fsp3) is 0.276. The molecule has 0 radical (unpaired) electrons. The number of amidine groups is 1. The molecule has 0 fully saturated rings. The lowest BCUT2D eigenvalue weighted by molar-refractivity contribution is -0.132. The summed E-state index contributed by atoms with van der Waals surface area (Å²) < 4.78 is 16.5. The Morgan fingerprint density at radius 3 is 2.64 bits per heavy atom. The Morgan fingerprint density at radius 2 is 1.81 bits per heavy atom. The van der Waals surface area contributed by atoms with E-state index in [1.165, 1.54) is 17.2 Å². The number of hydrogen-bond donors (Lipinski definition) is 1. The van der Waals surface area contributed by atoms with E-state index in [1.807, 2.05) is 31.2 Å². The molecule has 3 aliphatic heterocycles. The monoisotopic (exact) mass is 496 g/mol. The Labute approximate surface area is 212 Å². The van der Waals surface area contributed by atoms with Crippen molar-refractivity contribution in [2.75, 3.05) is 5.75 Å². The maximum absolute atomic E-state index is 14.3. The molecule has 180 valence electrons. The second-order valence-electron chi connectivity index (χ2n) is 10.3. The molecule has 0 spiro atoms. The van der Waals surface area contributed by atoms with Gasteiger partial charge in [0.2, 0.25) is 5.91 Å². The van der Waals surface area contributed by atoms with Crippen molar-refractivity contribution in [2.45, 2.75) is 38.3 Å². The lowest BCUT2D eigenvalue weighted by atomic mass is 9.61. The first-order valence-corrected chi connectivity index (χ1v) is 13.3. The number of hydrogen-bond acceptors (Lipinski definition) is 4. The molecule has 0 saturated carbocycles. The van der Waals surface area contributed by atoms with Crippen LogP contribution in [0.1, 0.15) is 59.6 Å². The fourth-order valence-electron chi connectivity index (χ4n) is 6.39. The number of fused-ring (bicyclic) bond motifs is 2. The van der Waals surface area contributed by atoms with Crippen LogP contribution in [-0.2, 0) is 4.79 Å². The van der Waals surface area contributed by atoms with E-state index in [0.717, 1.165) is 22.5 Å². The van der Waals surface area contributed by atoms with Crippen LogP contribution in [-0.4, -0.2) is 26.4 Å². The summed E-state index contributed by atoms with van der Waals surface area (Å²) in [7, 11) is 0. The van der Waals surface area contributed by atoms with Crippen molar-refractivity contribution >= 4 is 33.6 Å². The molecule has 7 heteroatoms. The molecule has 1 amide bonds. The summed E-state index contributed by atoms with van der Waals surface area (Å²) >= 11 is 1.55. The minimum absolute atomic E-state index is 0.0140. The molecule has 5 nitrogen and oxygen atoms in total. The molecule has 4 unspecified atom stereocenters. The van der Waals surface area contributed by atoms with Crippen LogP contribution in [0, 0.1) is 18.2 Å². The van der Waals surface area contributed by atoms with Crippen LogP contribution in [0.25, 0.3) is 10.8 Å². The molecule has 8 rings (SSSR count). The van der Waals surface area contributed by atoms with Gasteiger partial charge in [-0.05, 0) is 48.4 Å². The highest BCUT2D eigenvalue weighted by molar-refractivity contribution is 8.14. The zero-order valence-corrected chi connectivity index (χ0v) is 20.8. The Bertz CT molecular complexity index is 1590. The number of aliphatic imine (C=N–C) groups is 1. The third-order valence-electron chi connectivity index (χ3n) is 8.02. The molecule has 4 heterocycles. The zero-order chi connectivity index (χ0) is 24.6. The molecule has 1 aliphatic carbocycles. The van der Waals surface area contributed by atoms with Crippen LogP contribution in [0.4, 0.5) is 4.39 Å². The van der Waals surface area contributed by atoms with Gasteiger partial charge in [-0.2, -0.15) is 0 Å². The quantitative estimate of drug-likeness (QED) is 0.377. The number of nitrogens with zero attached hydrogens (tertiary/aromatic N) is 3. The topological polar surface area (TPSA) is 59.3 Å². The lowest BCUT2D eigenvalue weighted by Gasteiger charge is -2.50. The second-order valence-corrected chi connectivity index (χ2v) is 11.3. The van der Waals surface area contributed by atoms with Gasteiger partial charge >= 0.3 is 0 Å². The molecule has 0 saturated heterocycles. The number of carbonyl (C=O) groups is 1. The van der Waals surface area contributed by atoms with Gasteiger partial charge in [0.15, 0.2) is 5.17 Å². The predicted octanol–water partition coefficient (Wildman–Crippen LogP) is 5.89. The third-order valence-corrected chi connectivity index (χ3v) is 8.99. The highest BCUT2D eigenvalue weighted by atomic mass is 32.2. The van der Waals surface area contributed by atoms with Gasteiger partial charge in [-0.25, -0.2) is 9.37 Å². The molecule has 4 aliphatic rings. The van der Waals surface area contributed by atoms with Crippen molar-refractivity contribution in [1.82, 2.24) is 14.9 Å². The number of aryl methyl sites for hydroxylation is 1. The van der Waals surface area contributed by atoms with E-state index in [-0.39, 0.29) is 29.7 Å². The van der Waals surface area contributed by atoms with Gasteiger partial charge in [0.1, 0.15) is 11.6 Å².